The maximum Gasteiger partial charge on any atom is 0.478 e. The minimum absolute atomic E-state index is 0.518. The van der Waals surface area contributed by atoms with Crippen LogP contribution in [0.5, 0.6) is 0 Å². The zero-order chi connectivity index (χ0) is 32.2. The maximum absolute atomic E-state index is 7.67. The third kappa shape index (κ3) is 5.50. The number of rotatable bonds is 10. The molecule has 258 valence electrons. The van der Waals surface area contributed by atoms with Crippen LogP contribution in [0.1, 0.15) is 81.6 Å². The summed E-state index contributed by atoms with van der Waals surface area (Å²) in [7, 11) is -27.3. The summed E-state index contributed by atoms with van der Waals surface area (Å²) in [5.41, 5.74) is 0.622. The standard InChI is InChI=1S/C26H56O11Si8/c1-10-38-21-39(11-2)29-41(13-4)31-40(12-3,27-38)32-43(15-6)34-42(14-5,28-38)36-45(30-39,37-44(16-7,33-41)35-43)18-17-24-19-25-20-26(24)23(9)22(25)8/h22-26H,10-21H2,1-9H3. The smallest absolute Gasteiger partial charge is 0.394 e. The molecule has 45 heavy (non-hydrogen) atoms. The van der Waals surface area contributed by atoms with E-state index in [0.29, 0.717) is 59.9 Å². The Morgan fingerprint density at radius 3 is 1.18 bits per heavy atom. The van der Waals surface area contributed by atoms with E-state index in [0.717, 1.165) is 30.1 Å². The third-order valence-corrected chi connectivity index (χ3v) is 52.2. The van der Waals surface area contributed by atoms with Crippen molar-refractivity contribution in [3.05, 3.63) is 0 Å². The molecular weight excluding hydrogens is 713 g/mol. The number of hydrogen-bond donors (Lipinski definition) is 0. The predicted octanol–water partition coefficient (Wildman–Crippen LogP) is 6.75. The molecule has 8 aliphatic rings. The van der Waals surface area contributed by atoms with Crippen LogP contribution >= 0.6 is 0 Å². The summed E-state index contributed by atoms with van der Waals surface area (Å²) >= 11 is 0. The van der Waals surface area contributed by atoms with Gasteiger partial charge in [-0.15, -0.1) is 0 Å². The van der Waals surface area contributed by atoms with E-state index in [1.165, 1.54) is 12.8 Å². The first-order chi connectivity index (χ1) is 21.3. The topological polar surface area (TPSA) is 102 Å². The molecule has 0 amide bonds. The molecule has 6 heterocycles. The van der Waals surface area contributed by atoms with Gasteiger partial charge in [-0.05, 0) is 60.9 Å². The minimum Gasteiger partial charge on any atom is -0.394 e. The first-order valence-electron chi connectivity index (χ1n) is 18.0. The molecule has 0 aromatic heterocycles. The molecule has 6 saturated heterocycles. The average molecular weight is 769 g/mol. The predicted molar refractivity (Wildman–Crippen MR) is 184 cm³/mol. The van der Waals surface area contributed by atoms with E-state index < -0.39 is 69.9 Å². The van der Waals surface area contributed by atoms with Gasteiger partial charge in [0.05, 0.1) is 0 Å². The molecule has 13 unspecified atom stereocenters. The SMILES string of the molecule is CC[Si]12C[Si]3(CC)O[Si]4(CC)O[Si](CC)(O1)O[Si]1(CC)O[Si](CC)(O2)O[Si](CCC2CC5CC2C(C)C5C)(O3)O[Si](CC)(O4)O1. The second-order valence-electron chi connectivity index (χ2n) is 14.6. The van der Waals surface area contributed by atoms with Crippen molar-refractivity contribution in [2.75, 3.05) is 0 Å². The summed E-state index contributed by atoms with van der Waals surface area (Å²) in [4.78, 5) is 0. The lowest BCUT2D eigenvalue weighted by Crippen LogP contribution is -2.87. The van der Waals surface area contributed by atoms with Gasteiger partial charge in [-0.25, -0.2) is 0 Å². The molecule has 6 aliphatic heterocycles. The molecule has 8 rings (SSSR count). The molecule has 2 saturated carbocycles. The van der Waals surface area contributed by atoms with Crippen LogP contribution < -0.4 is 0 Å². The largest absolute Gasteiger partial charge is 0.478 e. The van der Waals surface area contributed by atoms with Crippen molar-refractivity contribution in [1.82, 2.24) is 0 Å². The summed E-state index contributed by atoms with van der Waals surface area (Å²) in [5, 5.41) is 0. The summed E-state index contributed by atoms with van der Waals surface area (Å²) in [6.07, 6.45) is 3.62. The van der Waals surface area contributed by atoms with Crippen LogP contribution in [0, 0.1) is 29.6 Å². The van der Waals surface area contributed by atoms with Gasteiger partial charge in [0.2, 0.25) is 0 Å². The molecule has 13 atom stereocenters. The van der Waals surface area contributed by atoms with Crippen LogP contribution in [0.2, 0.25) is 54.0 Å². The second-order valence-corrected chi connectivity index (χ2v) is 42.3. The van der Waals surface area contributed by atoms with E-state index in [1.54, 1.807) is 0 Å². The van der Waals surface area contributed by atoms with E-state index in [-0.39, 0.29) is 0 Å². The lowest BCUT2D eigenvalue weighted by Gasteiger charge is -2.63. The fourth-order valence-corrected chi connectivity index (χ4v) is 64.5. The fourth-order valence-electron chi connectivity index (χ4n) is 9.33. The Kier molecular flexibility index (Phi) is 9.00. The van der Waals surface area contributed by atoms with E-state index in [1.807, 2.05) is 0 Å². The summed E-state index contributed by atoms with van der Waals surface area (Å²) in [6.45, 7) is 19.6. The average Bonchev–Trinajstić information content (AvgIpc) is 3.53. The van der Waals surface area contributed by atoms with Gasteiger partial charge in [0.15, 0.2) is 0 Å². The zero-order valence-electron chi connectivity index (χ0n) is 28.9. The molecule has 0 aromatic carbocycles. The van der Waals surface area contributed by atoms with Crippen molar-refractivity contribution in [2.24, 2.45) is 29.6 Å². The van der Waals surface area contributed by atoms with Crippen molar-refractivity contribution in [3.63, 3.8) is 0 Å². The highest BCUT2D eigenvalue weighted by atomic mass is 28.6. The molecule has 11 nitrogen and oxygen atoms in total. The highest BCUT2D eigenvalue weighted by Gasteiger charge is 2.81. The Hall–Kier alpha value is 1.30. The molecular formula is C26H56O11Si8. The van der Waals surface area contributed by atoms with E-state index in [9.17, 15) is 0 Å². The lowest BCUT2D eigenvalue weighted by atomic mass is 9.75. The van der Waals surface area contributed by atoms with Crippen molar-refractivity contribution >= 4 is 69.9 Å². The summed E-state index contributed by atoms with van der Waals surface area (Å²) < 4.78 is 81.5. The first-order valence-corrected chi connectivity index (χ1v) is 34.1. The van der Waals surface area contributed by atoms with Gasteiger partial charge in [-0.1, -0.05) is 62.3 Å². The van der Waals surface area contributed by atoms with Crippen molar-refractivity contribution in [2.45, 2.75) is 136 Å². The normalized spacial score (nSPS) is 56.6. The first kappa shape index (κ1) is 34.7. The Morgan fingerprint density at radius 1 is 0.444 bits per heavy atom. The lowest BCUT2D eigenvalue weighted by molar-refractivity contribution is 0.00184. The molecule has 0 N–H and O–H groups in total. The van der Waals surface area contributed by atoms with Gasteiger partial charge >= 0.3 is 69.9 Å². The highest BCUT2D eigenvalue weighted by Crippen LogP contribution is 2.58. The second kappa shape index (κ2) is 11.7. The molecule has 0 spiro atoms. The molecule has 19 heteroatoms. The van der Waals surface area contributed by atoms with Crippen LogP contribution in [0.15, 0.2) is 0 Å². The van der Waals surface area contributed by atoms with Crippen LogP contribution in [-0.2, 0) is 45.3 Å². The van der Waals surface area contributed by atoms with Gasteiger partial charge in [0.1, 0.15) is 0 Å². The van der Waals surface area contributed by atoms with Crippen molar-refractivity contribution < 1.29 is 45.3 Å². The van der Waals surface area contributed by atoms with Crippen LogP contribution in [0.3, 0.4) is 0 Å². The van der Waals surface area contributed by atoms with Gasteiger partial charge in [-0.2, -0.15) is 0 Å². The quantitative estimate of drug-likeness (QED) is 0.221. The van der Waals surface area contributed by atoms with Crippen LogP contribution in [0.4, 0.5) is 0 Å². The number of fused-ring (bicyclic) bond motifs is 2. The fraction of sp³-hybridized carbons (Fsp3) is 1.00. The van der Waals surface area contributed by atoms with Crippen molar-refractivity contribution in [3.8, 4) is 0 Å². The van der Waals surface area contributed by atoms with Crippen molar-refractivity contribution in [1.29, 1.82) is 0 Å². The highest BCUT2D eigenvalue weighted by molar-refractivity contribution is 7.06. The number of hydrogen-bond acceptors (Lipinski definition) is 11. The molecule has 0 radical (unpaired) electrons. The minimum atomic E-state index is -3.57. The third-order valence-electron chi connectivity index (χ3n) is 12.2. The van der Waals surface area contributed by atoms with Gasteiger partial charge in [0, 0.05) is 41.9 Å². The van der Waals surface area contributed by atoms with Gasteiger partial charge in [0.25, 0.3) is 0 Å². The monoisotopic (exact) mass is 768 g/mol. The Labute approximate surface area is 279 Å². The maximum atomic E-state index is 7.67. The van der Waals surface area contributed by atoms with Gasteiger partial charge in [-0.3, -0.25) is 0 Å². The molecule has 2 aliphatic carbocycles. The molecule has 0 aromatic rings. The van der Waals surface area contributed by atoms with Crippen LogP contribution in [0.25, 0.3) is 0 Å². The van der Waals surface area contributed by atoms with Gasteiger partial charge < -0.3 is 45.3 Å². The summed E-state index contributed by atoms with van der Waals surface area (Å²) in [5.74, 6) is 3.75. The Morgan fingerprint density at radius 2 is 0.822 bits per heavy atom. The van der Waals surface area contributed by atoms with E-state index in [4.69, 9.17) is 45.3 Å². The van der Waals surface area contributed by atoms with E-state index >= 15 is 0 Å². The molecule has 10 bridgehead atoms. The zero-order valence-corrected chi connectivity index (χ0v) is 36.9. The Balaban J connectivity index is 1.41. The molecule has 8 fully saturated rings. The summed E-state index contributed by atoms with van der Waals surface area (Å²) in [6, 6.07) is 4.82. The van der Waals surface area contributed by atoms with E-state index in [2.05, 4.69) is 62.3 Å². The van der Waals surface area contributed by atoms with Crippen LogP contribution in [-0.4, -0.2) is 69.9 Å². The Bertz CT molecular complexity index is 1030.